The van der Waals surface area contributed by atoms with Gasteiger partial charge in [-0.1, -0.05) is 11.6 Å². The number of benzene rings is 2. The highest BCUT2D eigenvalue weighted by atomic mass is 35.5. The van der Waals surface area contributed by atoms with Crippen molar-refractivity contribution in [3.63, 3.8) is 0 Å². The van der Waals surface area contributed by atoms with E-state index in [4.69, 9.17) is 25.8 Å². The second kappa shape index (κ2) is 9.23. The van der Waals surface area contributed by atoms with E-state index in [2.05, 4.69) is 10.0 Å². The van der Waals surface area contributed by atoms with Gasteiger partial charge in [0.05, 0.1) is 32.0 Å². The topological polar surface area (TPSA) is 103 Å². The SMILES string of the molecule is COc1cc(OC)c(NS(=O)(=O)c2cc(C(=O)NC(C)C3CC3)ccc2OC)cc1Cl. The summed E-state index contributed by atoms with van der Waals surface area (Å²) in [5.41, 5.74) is 0.334. The van der Waals surface area contributed by atoms with Crippen LogP contribution >= 0.6 is 11.6 Å². The molecule has 1 amide bonds. The maximum atomic E-state index is 13.2. The summed E-state index contributed by atoms with van der Waals surface area (Å²) in [6, 6.07) is 7.14. The van der Waals surface area contributed by atoms with Crippen LogP contribution in [-0.2, 0) is 10.0 Å². The Labute approximate surface area is 186 Å². The number of amides is 1. The Bertz CT molecular complexity index is 1090. The molecule has 1 unspecified atom stereocenters. The van der Waals surface area contributed by atoms with Crippen LogP contribution in [0.1, 0.15) is 30.1 Å². The average Bonchev–Trinajstić information content (AvgIpc) is 3.58. The zero-order valence-corrected chi connectivity index (χ0v) is 19.3. The minimum atomic E-state index is -4.15. The molecule has 168 valence electrons. The van der Waals surface area contributed by atoms with Gasteiger partial charge >= 0.3 is 0 Å². The standard InChI is InChI=1S/C21H25ClN2O6S/c1-12(13-5-6-13)23-21(25)14-7-8-17(28-2)20(9-14)31(26,27)24-16-10-15(22)18(29-3)11-19(16)30-4/h7-13,24H,5-6H2,1-4H3,(H,23,25). The van der Waals surface area contributed by atoms with E-state index in [0.29, 0.717) is 11.7 Å². The van der Waals surface area contributed by atoms with Crippen LogP contribution in [0.5, 0.6) is 17.2 Å². The molecular formula is C21H25ClN2O6S. The summed E-state index contributed by atoms with van der Waals surface area (Å²) in [5, 5.41) is 3.12. The first-order chi connectivity index (χ1) is 14.7. The van der Waals surface area contributed by atoms with Gasteiger partial charge in [-0.3, -0.25) is 9.52 Å². The summed E-state index contributed by atoms with van der Waals surface area (Å²) < 4.78 is 44.4. The van der Waals surface area contributed by atoms with Crippen molar-refractivity contribution in [2.45, 2.75) is 30.7 Å². The maximum Gasteiger partial charge on any atom is 0.265 e. The Morgan fingerprint density at radius 2 is 1.68 bits per heavy atom. The molecule has 8 nitrogen and oxygen atoms in total. The van der Waals surface area contributed by atoms with Gasteiger partial charge in [0.2, 0.25) is 0 Å². The van der Waals surface area contributed by atoms with Crippen LogP contribution in [0.4, 0.5) is 5.69 Å². The number of carbonyl (C=O) groups excluding carboxylic acids is 1. The molecule has 2 N–H and O–H groups in total. The first-order valence-corrected chi connectivity index (χ1v) is 11.5. The summed E-state index contributed by atoms with van der Waals surface area (Å²) in [6.45, 7) is 1.94. The Morgan fingerprint density at radius 3 is 2.26 bits per heavy atom. The van der Waals surface area contributed by atoms with Crippen LogP contribution in [0.25, 0.3) is 0 Å². The van der Waals surface area contributed by atoms with E-state index in [0.717, 1.165) is 12.8 Å². The summed E-state index contributed by atoms with van der Waals surface area (Å²) in [5.74, 6) is 0.777. The van der Waals surface area contributed by atoms with Gasteiger partial charge < -0.3 is 19.5 Å². The van der Waals surface area contributed by atoms with Gasteiger partial charge in [-0.15, -0.1) is 0 Å². The van der Waals surface area contributed by atoms with Crippen LogP contribution in [0.2, 0.25) is 5.02 Å². The molecule has 1 atom stereocenters. The first kappa shape index (κ1) is 23.0. The fourth-order valence-electron chi connectivity index (χ4n) is 3.17. The number of nitrogens with one attached hydrogen (secondary N) is 2. The van der Waals surface area contributed by atoms with E-state index in [9.17, 15) is 13.2 Å². The number of halogens is 1. The van der Waals surface area contributed by atoms with Crippen molar-refractivity contribution < 1.29 is 27.4 Å². The average molecular weight is 469 g/mol. The third-order valence-electron chi connectivity index (χ3n) is 5.12. The summed E-state index contributed by atoms with van der Waals surface area (Å²) in [4.78, 5) is 12.4. The molecule has 1 saturated carbocycles. The van der Waals surface area contributed by atoms with Crippen molar-refractivity contribution in [3.8, 4) is 17.2 Å². The van der Waals surface area contributed by atoms with Crippen LogP contribution in [-0.4, -0.2) is 41.7 Å². The number of rotatable bonds is 9. The Balaban J connectivity index is 1.94. The molecule has 0 aliphatic heterocycles. The third kappa shape index (κ3) is 5.16. The lowest BCUT2D eigenvalue weighted by Gasteiger charge is -2.17. The molecule has 31 heavy (non-hydrogen) atoms. The van der Waals surface area contributed by atoms with Crippen LogP contribution in [0.15, 0.2) is 35.2 Å². The highest BCUT2D eigenvalue weighted by Crippen LogP contribution is 2.38. The fourth-order valence-corrected chi connectivity index (χ4v) is 4.67. The maximum absolute atomic E-state index is 13.2. The largest absolute Gasteiger partial charge is 0.495 e. The molecule has 1 aliphatic rings. The zero-order chi connectivity index (χ0) is 22.8. The summed E-state index contributed by atoms with van der Waals surface area (Å²) >= 11 is 6.14. The molecule has 2 aromatic carbocycles. The zero-order valence-electron chi connectivity index (χ0n) is 17.7. The molecule has 10 heteroatoms. The van der Waals surface area contributed by atoms with E-state index in [1.807, 2.05) is 6.92 Å². The Morgan fingerprint density at radius 1 is 1.03 bits per heavy atom. The molecule has 0 spiro atoms. The molecule has 0 saturated heterocycles. The van der Waals surface area contributed by atoms with Crippen molar-refractivity contribution in [1.82, 2.24) is 5.32 Å². The molecule has 0 radical (unpaired) electrons. The fraction of sp³-hybridized carbons (Fsp3) is 0.381. The predicted molar refractivity (Wildman–Crippen MR) is 118 cm³/mol. The summed E-state index contributed by atoms with van der Waals surface area (Å²) in [6.07, 6.45) is 2.17. The Kier molecular flexibility index (Phi) is 6.86. The normalized spacial score (nSPS) is 14.5. The lowest BCUT2D eigenvalue weighted by molar-refractivity contribution is 0.0935. The van der Waals surface area contributed by atoms with Gasteiger partial charge in [0.15, 0.2) is 0 Å². The summed E-state index contributed by atoms with van der Waals surface area (Å²) in [7, 11) is 0.0437. The van der Waals surface area contributed by atoms with Crippen LogP contribution in [0, 0.1) is 5.92 Å². The lowest BCUT2D eigenvalue weighted by atomic mass is 10.1. The smallest absolute Gasteiger partial charge is 0.265 e. The number of anilines is 1. The molecule has 1 fully saturated rings. The van der Waals surface area contributed by atoms with E-state index in [1.54, 1.807) is 0 Å². The van der Waals surface area contributed by atoms with Crippen molar-refractivity contribution in [2.75, 3.05) is 26.1 Å². The van der Waals surface area contributed by atoms with Gasteiger partial charge in [-0.25, -0.2) is 8.42 Å². The molecule has 2 aromatic rings. The van der Waals surface area contributed by atoms with Crippen molar-refractivity contribution in [3.05, 3.63) is 40.9 Å². The van der Waals surface area contributed by atoms with E-state index in [-0.39, 0.29) is 44.6 Å². The monoisotopic (exact) mass is 468 g/mol. The number of sulfonamides is 1. The molecule has 3 rings (SSSR count). The van der Waals surface area contributed by atoms with Crippen molar-refractivity contribution in [1.29, 1.82) is 0 Å². The minimum Gasteiger partial charge on any atom is -0.495 e. The third-order valence-corrected chi connectivity index (χ3v) is 6.80. The van der Waals surface area contributed by atoms with Gasteiger partial charge in [-0.2, -0.15) is 0 Å². The molecule has 0 bridgehead atoms. The highest BCUT2D eigenvalue weighted by molar-refractivity contribution is 7.92. The quantitative estimate of drug-likeness (QED) is 0.581. The number of hydrogen-bond acceptors (Lipinski definition) is 6. The second-order valence-electron chi connectivity index (χ2n) is 7.26. The molecule has 1 aliphatic carbocycles. The van der Waals surface area contributed by atoms with Gasteiger partial charge in [-0.05, 0) is 49.9 Å². The molecule has 0 heterocycles. The van der Waals surface area contributed by atoms with Crippen molar-refractivity contribution >= 4 is 33.2 Å². The van der Waals surface area contributed by atoms with Gasteiger partial charge in [0.1, 0.15) is 22.1 Å². The second-order valence-corrected chi connectivity index (χ2v) is 9.32. The van der Waals surface area contributed by atoms with E-state index < -0.39 is 10.0 Å². The van der Waals surface area contributed by atoms with Crippen molar-refractivity contribution in [2.24, 2.45) is 5.92 Å². The number of ether oxygens (including phenoxy) is 3. The Hall–Kier alpha value is -2.65. The lowest BCUT2D eigenvalue weighted by Crippen LogP contribution is -2.34. The molecular weight excluding hydrogens is 444 g/mol. The first-order valence-electron chi connectivity index (χ1n) is 9.63. The predicted octanol–water partition coefficient (Wildman–Crippen LogP) is 3.69. The van der Waals surface area contributed by atoms with Crippen LogP contribution in [0.3, 0.4) is 0 Å². The van der Waals surface area contributed by atoms with Gasteiger partial charge in [0, 0.05) is 17.7 Å². The van der Waals surface area contributed by atoms with Gasteiger partial charge in [0.25, 0.3) is 15.9 Å². The number of carbonyl (C=O) groups is 1. The highest BCUT2D eigenvalue weighted by Gasteiger charge is 2.30. The van der Waals surface area contributed by atoms with E-state index in [1.165, 1.54) is 51.7 Å². The minimum absolute atomic E-state index is 0.0264. The van der Waals surface area contributed by atoms with Crippen LogP contribution < -0.4 is 24.2 Å². The van der Waals surface area contributed by atoms with E-state index >= 15 is 0 Å². The number of hydrogen-bond donors (Lipinski definition) is 2. The number of methoxy groups -OCH3 is 3. The molecule has 0 aromatic heterocycles.